The van der Waals surface area contributed by atoms with Gasteiger partial charge in [-0.15, -0.1) is 0 Å². The summed E-state index contributed by atoms with van der Waals surface area (Å²) in [4.78, 5) is 12.1. The summed E-state index contributed by atoms with van der Waals surface area (Å²) >= 11 is 0. The maximum atomic E-state index is 12.4. The summed E-state index contributed by atoms with van der Waals surface area (Å²) in [5, 5.41) is 6.71. The van der Waals surface area contributed by atoms with Crippen LogP contribution in [0.3, 0.4) is 0 Å². The number of aromatic nitrogens is 3. The van der Waals surface area contributed by atoms with Crippen LogP contribution in [0.15, 0.2) is 35.1 Å². The molecule has 0 amide bonds. The number of rotatable bonds is 6. The second-order valence-corrected chi connectivity index (χ2v) is 8.62. The minimum absolute atomic E-state index is 0.254. The standard InChI is InChI=1S/C17H25N5O3S/c1-3-20(2)26(24,25)21-11-9-14(10-12-21)13-16-18-19-17(23)22(16)15-7-5-4-6-8-15/h4-8,14H,3,9-13H2,1-2H3,(H,19,23). The molecule has 0 aliphatic carbocycles. The Morgan fingerprint density at radius 3 is 2.50 bits per heavy atom. The summed E-state index contributed by atoms with van der Waals surface area (Å²) in [5.74, 6) is 0.985. The summed E-state index contributed by atoms with van der Waals surface area (Å²) in [6.07, 6.45) is 2.16. The van der Waals surface area contributed by atoms with Crippen molar-refractivity contribution in [3.8, 4) is 5.69 Å². The predicted molar refractivity (Wildman–Crippen MR) is 99.4 cm³/mol. The molecule has 0 saturated carbocycles. The number of nitrogens with one attached hydrogen (secondary N) is 1. The summed E-state index contributed by atoms with van der Waals surface area (Å²) < 4.78 is 29.3. The SMILES string of the molecule is CCN(C)S(=O)(=O)N1CCC(Cc2n[nH]c(=O)n2-c2ccccc2)CC1. The number of hydrogen-bond acceptors (Lipinski definition) is 4. The van der Waals surface area contributed by atoms with E-state index < -0.39 is 10.2 Å². The second kappa shape index (κ2) is 7.73. The Morgan fingerprint density at radius 2 is 1.88 bits per heavy atom. The first-order valence-corrected chi connectivity index (χ1v) is 10.3. The highest BCUT2D eigenvalue weighted by Crippen LogP contribution is 2.24. The van der Waals surface area contributed by atoms with Crippen molar-refractivity contribution in [1.82, 2.24) is 23.4 Å². The van der Waals surface area contributed by atoms with Crippen molar-refractivity contribution in [3.63, 3.8) is 0 Å². The van der Waals surface area contributed by atoms with E-state index in [1.54, 1.807) is 15.9 Å². The molecule has 142 valence electrons. The van der Waals surface area contributed by atoms with Crippen LogP contribution < -0.4 is 5.69 Å². The second-order valence-electron chi connectivity index (χ2n) is 6.58. The molecule has 0 spiro atoms. The van der Waals surface area contributed by atoms with Gasteiger partial charge in [0.05, 0.1) is 5.69 Å². The Bertz CT molecular complexity index is 883. The van der Waals surface area contributed by atoms with Gasteiger partial charge in [-0.3, -0.25) is 0 Å². The van der Waals surface area contributed by atoms with E-state index in [-0.39, 0.29) is 5.69 Å². The van der Waals surface area contributed by atoms with E-state index in [9.17, 15) is 13.2 Å². The fourth-order valence-corrected chi connectivity index (χ4v) is 4.67. The van der Waals surface area contributed by atoms with Crippen molar-refractivity contribution in [2.75, 3.05) is 26.7 Å². The van der Waals surface area contributed by atoms with Crippen molar-refractivity contribution in [2.45, 2.75) is 26.2 Å². The molecular weight excluding hydrogens is 354 g/mol. The highest BCUT2D eigenvalue weighted by molar-refractivity contribution is 7.86. The number of piperidine rings is 1. The van der Waals surface area contributed by atoms with Crippen LogP contribution in [-0.4, -0.2) is 58.5 Å². The number of H-pyrrole nitrogens is 1. The van der Waals surface area contributed by atoms with E-state index in [0.29, 0.717) is 37.8 Å². The largest absolute Gasteiger partial charge is 0.347 e. The first-order valence-electron chi connectivity index (χ1n) is 8.86. The van der Waals surface area contributed by atoms with Crippen LogP contribution in [0.25, 0.3) is 5.69 Å². The Morgan fingerprint density at radius 1 is 1.23 bits per heavy atom. The van der Waals surface area contributed by atoms with E-state index in [0.717, 1.165) is 18.5 Å². The average Bonchev–Trinajstić information content (AvgIpc) is 3.02. The molecule has 1 aliphatic rings. The van der Waals surface area contributed by atoms with Gasteiger partial charge in [0.25, 0.3) is 10.2 Å². The Hall–Kier alpha value is -1.97. The van der Waals surface area contributed by atoms with E-state index in [4.69, 9.17) is 0 Å². The number of nitrogens with zero attached hydrogens (tertiary/aromatic N) is 4. The van der Waals surface area contributed by atoms with Crippen LogP contribution in [0, 0.1) is 5.92 Å². The first-order chi connectivity index (χ1) is 12.4. The topological polar surface area (TPSA) is 91.3 Å². The molecule has 1 fully saturated rings. The van der Waals surface area contributed by atoms with Gasteiger partial charge in [-0.05, 0) is 30.9 Å². The molecule has 0 bridgehead atoms. The molecule has 8 nitrogen and oxygen atoms in total. The minimum atomic E-state index is -3.37. The van der Waals surface area contributed by atoms with Crippen LogP contribution in [-0.2, 0) is 16.6 Å². The molecule has 1 aromatic carbocycles. The lowest BCUT2D eigenvalue weighted by molar-refractivity contribution is 0.256. The molecule has 26 heavy (non-hydrogen) atoms. The summed E-state index contributed by atoms with van der Waals surface area (Å²) in [7, 11) is -1.76. The Labute approximate surface area is 153 Å². The van der Waals surface area contributed by atoms with Crippen molar-refractivity contribution < 1.29 is 8.42 Å². The fourth-order valence-electron chi connectivity index (χ4n) is 3.27. The molecule has 3 rings (SSSR count). The third-order valence-corrected chi connectivity index (χ3v) is 7.03. The van der Waals surface area contributed by atoms with Gasteiger partial charge in [0.15, 0.2) is 0 Å². The quantitative estimate of drug-likeness (QED) is 0.811. The molecule has 1 N–H and O–H groups in total. The fraction of sp³-hybridized carbons (Fsp3) is 0.529. The van der Waals surface area contributed by atoms with Crippen LogP contribution in [0.4, 0.5) is 0 Å². The average molecular weight is 379 g/mol. The zero-order chi connectivity index (χ0) is 18.7. The molecule has 2 heterocycles. The summed E-state index contributed by atoms with van der Waals surface area (Å²) in [6, 6.07) is 9.41. The molecular formula is C17H25N5O3S. The summed E-state index contributed by atoms with van der Waals surface area (Å²) in [6.45, 7) is 3.28. The van der Waals surface area contributed by atoms with Gasteiger partial charge in [0, 0.05) is 33.1 Å². The maximum Gasteiger partial charge on any atom is 0.347 e. The van der Waals surface area contributed by atoms with Crippen LogP contribution in [0.5, 0.6) is 0 Å². The number of aromatic amines is 1. The van der Waals surface area contributed by atoms with E-state index >= 15 is 0 Å². The Balaban J connectivity index is 1.69. The Kier molecular flexibility index (Phi) is 5.59. The van der Waals surface area contributed by atoms with Gasteiger partial charge in [-0.2, -0.15) is 22.1 Å². The van der Waals surface area contributed by atoms with Crippen LogP contribution in [0.1, 0.15) is 25.6 Å². The highest BCUT2D eigenvalue weighted by Gasteiger charge is 2.31. The molecule has 0 atom stereocenters. The smallest absolute Gasteiger partial charge is 0.247 e. The number of benzene rings is 1. The molecule has 9 heteroatoms. The van der Waals surface area contributed by atoms with Crippen molar-refractivity contribution in [1.29, 1.82) is 0 Å². The lowest BCUT2D eigenvalue weighted by atomic mass is 9.94. The van der Waals surface area contributed by atoms with Gasteiger partial charge in [0.1, 0.15) is 5.82 Å². The zero-order valence-corrected chi connectivity index (χ0v) is 15.9. The zero-order valence-electron chi connectivity index (χ0n) is 15.1. The number of para-hydroxylation sites is 1. The summed E-state index contributed by atoms with van der Waals surface area (Å²) in [5.41, 5.74) is 0.529. The van der Waals surface area contributed by atoms with Crippen LogP contribution >= 0.6 is 0 Å². The lowest BCUT2D eigenvalue weighted by Crippen LogP contribution is -2.45. The monoisotopic (exact) mass is 379 g/mol. The third kappa shape index (κ3) is 3.74. The maximum absolute atomic E-state index is 12.4. The number of hydrogen-bond donors (Lipinski definition) is 1. The lowest BCUT2D eigenvalue weighted by Gasteiger charge is -2.33. The molecule has 0 unspecified atom stereocenters. The van der Waals surface area contributed by atoms with E-state index in [2.05, 4.69) is 10.2 Å². The highest BCUT2D eigenvalue weighted by atomic mass is 32.2. The molecule has 2 aromatic rings. The normalized spacial score (nSPS) is 17.0. The van der Waals surface area contributed by atoms with E-state index in [1.165, 1.54) is 4.31 Å². The predicted octanol–water partition coefficient (Wildman–Crippen LogP) is 1.01. The molecule has 1 aromatic heterocycles. The van der Waals surface area contributed by atoms with Gasteiger partial charge in [-0.1, -0.05) is 25.1 Å². The van der Waals surface area contributed by atoms with Crippen molar-refractivity contribution >= 4 is 10.2 Å². The van der Waals surface area contributed by atoms with E-state index in [1.807, 2.05) is 37.3 Å². The molecule has 1 aliphatic heterocycles. The van der Waals surface area contributed by atoms with Gasteiger partial charge in [0.2, 0.25) is 0 Å². The van der Waals surface area contributed by atoms with Gasteiger partial charge in [-0.25, -0.2) is 14.5 Å². The van der Waals surface area contributed by atoms with Crippen molar-refractivity contribution in [3.05, 3.63) is 46.6 Å². The molecule has 1 saturated heterocycles. The minimum Gasteiger partial charge on any atom is -0.247 e. The third-order valence-electron chi connectivity index (χ3n) is 4.97. The van der Waals surface area contributed by atoms with Crippen molar-refractivity contribution in [2.24, 2.45) is 5.92 Å². The van der Waals surface area contributed by atoms with Crippen LogP contribution in [0.2, 0.25) is 0 Å². The molecule has 0 radical (unpaired) electrons. The first kappa shape index (κ1) is 18.8. The van der Waals surface area contributed by atoms with Gasteiger partial charge >= 0.3 is 5.69 Å². The van der Waals surface area contributed by atoms with Gasteiger partial charge < -0.3 is 0 Å².